The Morgan fingerprint density at radius 3 is 2.89 bits per heavy atom. The number of aryl methyl sites for hydroxylation is 1. The normalized spacial score (nSPS) is 8.89. The molecule has 0 radical (unpaired) electrons. The number of nitriles is 1. The third-order valence-electron chi connectivity index (χ3n) is 0.880. The van der Waals surface area contributed by atoms with Crippen LogP contribution >= 0.6 is 0 Å². The van der Waals surface area contributed by atoms with Crippen molar-refractivity contribution in [2.75, 3.05) is 0 Å². The highest BCUT2D eigenvalue weighted by Gasteiger charge is 1.99. The van der Waals surface area contributed by atoms with Crippen LogP contribution in [0.1, 0.15) is 18.6 Å². The summed E-state index contributed by atoms with van der Waals surface area (Å²) in [4.78, 5) is 3.71. The number of hydrogen-bond acceptors (Lipinski definition) is 4. The van der Waals surface area contributed by atoms with Crippen LogP contribution in [0.3, 0.4) is 0 Å². The highest BCUT2D eigenvalue weighted by atomic mass is 16.5. The molecule has 4 heteroatoms. The zero-order chi connectivity index (χ0) is 6.69. The van der Waals surface area contributed by atoms with E-state index in [0.717, 1.165) is 0 Å². The topological polar surface area (TPSA) is 62.7 Å². The molecule has 1 aromatic heterocycles. The van der Waals surface area contributed by atoms with E-state index in [4.69, 9.17) is 5.26 Å². The largest absolute Gasteiger partial charge is 0.329 e. The molecule has 0 N–H and O–H groups in total. The lowest BCUT2D eigenvalue weighted by atomic mass is 10.5. The lowest BCUT2D eigenvalue weighted by Gasteiger charge is -1.73. The molecule has 0 aliphatic carbocycles. The molecule has 9 heavy (non-hydrogen) atoms. The van der Waals surface area contributed by atoms with Gasteiger partial charge in [-0.1, -0.05) is 12.1 Å². The molecule has 0 saturated carbocycles. The van der Waals surface area contributed by atoms with Crippen LogP contribution in [0.5, 0.6) is 0 Å². The predicted octanol–water partition coefficient (Wildman–Crippen LogP) is 0.504. The van der Waals surface area contributed by atoms with E-state index < -0.39 is 0 Å². The second kappa shape index (κ2) is 2.27. The minimum Gasteiger partial charge on any atom is -0.323 e. The summed E-state index contributed by atoms with van der Waals surface area (Å²) in [7, 11) is 0. The quantitative estimate of drug-likeness (QED) is 0.545. The first-order valence-corrected chi connectivity index (χ1v) is 2.59. The molecule has 0 unspecified atom stereocenters. The summed E-state index contributed by atoms with van der Waals surface area (Å²) in [5.74, 6) is 0.610. The molecule has 0 saturated heterocycles. The Morgan fingerprint density at radius 2 is 2.56 bits per heavy atom. The van der Waals surface area contributed by atoms with Gasteiger partial charge in [-0.25, -0.2) is 0 Å². The van der Waals surface area contributed by atoms with Crippen molar-refractivity contribution in [1.82, 2.24) is 10.1 Å². The summed E-state index contributed by atoms with van der Waals surface area (Å²) in [6.07, 6.45) is 0.700. The Kier molecular flexibility index (Phi) is 1.45. The fourth-order valence-electron chi connectivity index (χ4n) is 0.443. The summed E-state index contributed by atoms with van der Waals surface area (Å²) in [6.45, 7) is 1.89. The minimum absolute atomic E-state index is 0.0341. The molecular weight excluding hydrogens is 118 g/mol. The molecule has 4 nitrogen and oxygen atoms in total. The van der Waals surface area contributed by atoms with E-state index in [1.807, 2.05) is 6.92 Å². The predicted molar refractivity (Wildman–Crippen MR) is 28.4 cm³/mol. The van der Waals surface area contributed by atoms with Crippen molar-refractivity contribution in [2.45, 2.75) is 13.3 Å². The van der Waals surface area contributed by atoms with Gasteiger partial charge in [-0.05, 0) is 0 Å². The Bertz CT molecular complexity index is 235. The standard InChI is InChI=1S/C5H5N3O/c1-2-4-7-5(3-6)9-8-4/h2H2,1H3. The second-order valence-corrected chi connectivity index (χ2v) is 1.48. The number of rotatable bonds is 1. The van der Waals surface area contributed by atoms with Gasteiger partial charge in [0.2, 0.25) is 0 Å². The zero-order valence-corrected chi connectivity index (χ0v) is 4.96. The fourth-order valence-corrected chi connectivity index (χ4v) is 0.443. The fraction of sp³-hybridized carbons (Fsp3) is 0.400. The zero-order valence-electron chi connectivity index (χ0n) is 4.96. The van der Waals surface area contributed by atoms with Crippen LogP contribution in [0.4, 0.5) is 0 Å². The average Bonchev–Trinajstić information content (AvgIpc) is 2.34. The molecule has 0 fully saturated rings. The average molecular weight is 123 g/mol. The van der Waals surface area contributed by atoms with Crippen LogP contribution in [-0.4, -0.2) is 10.1 Å². The highest BCUT2D eigenvalue weighted by molar-refractivity contribution is 5.03. The van der Waals surface area contributed by atoms with E-state index in [1.165, 1.54) is 0 Å². The number of nitrogens with zero attached hydrogens (tertiary/aromatic N) is 3. The van der Waals surface area contributed by atoms with Gasteiger partial charge < -0.3 is 4.52 Å². The first kappa shape index (κ1) is 5.76. The first-order valence-electron chi connectivity index (χ1n) is 2.59. The molecule has 1 rings (SSSR count). The molecule has 1 heterocycles. The maximum Gasteiger partial charge on any atom is 0.329 e. The molecule has 46 valence electrons. The van der Waals surface area contributed by atoms with Crippen molar-refractivity contribution in [2.24, 2.45) is 0 Å². The highest BCUT2D eigenvalue weighted by Crippen LogP contribution is 1.94. The van der Waals surface area contributed by atoms with Gasteiger partial charge in [-0.3, -0.25) is 0 Å². The summed E-state index contributed by atoms with van der Waals surface area (Å²) in [5.41, 5.74) is 0. The van der Waals surface area contributed by atoms with Crippen molar-refractivity contribution in [3.05, 3.63) is 11.7 Å². The van der Waals surface area contributed by atoms with Gasteiger partial charge in [0.15, 0.2) is 11.9 Å². The van der Waals surface area contributed by atoms with Crippen LogP contribution < -0.4 is 0 Å². The summed E-state index contributed by atoms with van der Waals surface area (Å²) in [6, 6.07) is 1.74. The third-order valence-corrected chi connectivity index (χ3v) is 0.880. The number of aromatic nitrogens is 2. The van der Waals surface area contributed by atoms with Crippen molar-refractivity contribution >= 4 is 0 Å². The van der Waals surface area contributed by atoms with Gasteiger partial charge in [-0.2, -0.15) is 10.2 Å². The molecule has 0 amide bonds. The summed E-state index contributed by atoms with van der Waals surface area (Å²) < 4.78 is 4.48. The van der Waals surface area contributed by atoms with E-state index in [2.05, 4.69) is 14.7 Å². The van der Waals surface area contributed by atoms with E-state index in [9.17, 15) is 0 Å². The molecule has 0 aliphatic rings. The number of hydrogen-bond donors (Lipinski definition) is 0. The van der Waals surface area contributed by atoms with E-state index in [1.54, 1.807) is 6.07 Å². The smallest absolute Gasteiger partial charge is 0.323 e. The van der Waals surface area contributed by atoms with Crippen LogP contribution in [0.25, 0.3) is 0 Å². The van der Waals surface area contributed by atoms with Crippen LogP contribution in [0.2, 0.25) is 0 Å². The van der Waals surface area contributed by atoms with Gasteiger partial charge >= 0.3 is 5.89 Å². The maximum absolute atomic E-state index is 8.20. The van der Waals surface area contributed by atoms with Crippen molar-refractivity contribution in [1.29, 1.82) is 5.26 Å². The van der Waals surface area contributed by atoms with E-state index >= 15 is 0 Å². The van der Waals surface area contributed by atoms with Crippen molar-refractivity contribution < 1.29 is 4.52 Å². The van der Waals surface area contributed by atoms with Crippen molar-refractivity contribution in [3.63, 3.8) is 0 Å². The summed E-state index contributed by atoms with van der Waals surface area (Å²) in [5, 5.41) is 11.7. The lowest BCUT2D eigenvalue weighted by Crippen LogP contribution is -1.80. The van der Waals surface area contributed by atoms with Crippen LogP contribution in [-0.2, 0) is 6.42 Å². The van der Waals surface area contributed by atoms with Gasteiger partial charge in [0.05, 0.1) is 0 Å². The second-order valence-electron chi connectivity index (χ2n) is 1.48. The van der Waals surface area contributed by atoms with Gasteiger partial charge in [0.25, 0.3) is 0 Å². The monoisotopic (exact) mass is 123 g/mol. The Morgan fingerprint density at radius 1 is 1.78 bits per heavy atom. The molecule has 0 bridgehead atoms. The first-order chi connectivity index (χ1) is 4.36. The molecule has 0 spiro atoms. The van der Waals surface area contributed by atoms with Gasteiger partial charge in [0.1, 0.15) is 0 Å². The molecule has 0 aromatic carbocycles. The third kappa shape index (κ3) is 1.05. The maximum atomic E-state index is 8.20. The minimum atomic E-state index is 0.0341. The molecule has 0 atom stereocenters. The molecular formula is C5H5N3O. The summed E-state index contributed by atoms with van der Waals surface area (Å²) >= 11 is 0. The lowest BCUT2D eigenvalue weighted by molar-refractivity contribution is 0.401. The van der Waals surface area contributed by atoms with Crippen LogP contribution in [0.15, 0.2) is 4.52 Å². The van der Waals surface area contributed by atoms with Crippen molar-refractivity contribution in [3.8, 4) is 6.07 Å². The SMILES string of the molecule is CCc1noc(C#N)n1. The Balaban J connectivity index is 2.90. The molecule has 1 aromatic rings. The molecule has 0 aliphatic heterocycles. The van der Waals surface area contributed by atoms with Gasteiger partial charge in [0, 0.05) is 6.42 Å². The van der Waals surface area contributed by atoms with E-state index in [0.29, 0.717) is 12.2 Å². The van der Waals surface area contributed by atoms with Crippen LogP contribution in [0, 0.1) is 11.3 Å². The van der Waals surface area contributed by atoms with E-state index in [-0.39, 0.29) is 5.89 Å². The Labute approximate surface area is 52.1 Å². The Hall–Kier alpha value is -1.37. The van der Waals surface area contributed by atoms with Gasteiger partial charge in [-0.15, -0.1) is 0 Å².